The standard InChI is InChI=1S/C18H40NO4P/c1-5-6-7-8-9-10-11-12-13-14-15-17-22-24(20,21)23-18-16-19(2,3)4/h5-18H2,1-4H3/p+1. The van der Waals surface area contributed by atoms with Gasteiger partial charge in [-0.1, -0.05) is 71.1 Å². The molecule has 0 aromatic heterocycles. The maximum Gasteiger partial charge on any atom is 0.472 e. The van der Waals surface area contributed by atoms with E-state index in [2.05, 4.69) is 6.92 Å². The zero-order chi connectivity index (χ0) is 18.3. The number of phosphoric ester groups is 1. The van der Waals surface area contributed by atoms with Crippen LogP contribution in [-0.4, -0.2) is 50.3 Å². The minimum Gasteiger partial charge on any atom is -0.329 e. The summed E-state index contributed by atoms with van der Waals surface area (Å²) in [5, 5.41) is 0. The van der Waals surface area contributed by atoms with Crippen LogP contribution in [0.1, 0.15) is 77.6 Å². The zero-order valence-corrected chi connectivity index (χ0v) is 17.4. The molecule has 5 nitrogen and oxygen atoms in total. The number of unbranched alkanes of at least 4 members (excludes halogenated alkanes) is 10. The Kier molecular flexibility index (Phi) is 14.3. The molecule has 0 fully saturated rings. The van der Waals surface area contributed by atoms with E-state index >= 15 is 0 Å². The highest BCUT2D eigenvalue weighted by atomic mass is 31.2. The Bertz CT molecular complexity index is 331. The van der Waals surface area contributed by atoms with Crippen molar-refractivity contribution in [3.8, 4) is 0 Å². The van der Waals surface area contributed by atoms with E-state index in [1.165, 1.54) is 57.8 Å². The topological polar surface area (TPSA) is 55.8 Å². The third-order valence-corrected chi connectivity index (χ3v) is 5.04. The van der Waals surface area contributed by atoms with Crippen molar-refractivity contribution in [1.82, 2.24) is 0 Å². The van der Waals surface area contributed by atoms with E-state index in [4.69, 9.17) is 9.05 Å². The first-order valence-corrected chi connectivity index (χ1v) is 11.2. The van der Waals surface area contributed by atoms with Crippen molar-refractivity contribution in [3.05, 3.63) is 0 Å². The zero-order valence-electron chi connectivity index (χ0n) is 16.5. The van der Waals surface area contributed by atoms with Crippen LogP contribution in [0.3, 0.4) is 0 Å². The Labute approximate surface area is 149 Å². The largest absolute Gasteiger partial charge is 0.472 e. The van der Waals surface area contributed by atoms with Crippen LogP contribution in [0.5, 0.6) is 0 Å². The Hall–Kier alpha value is 0.0700. The number of rotatable bonds is 17. The average Bonchev–Trinajstić information content (AvgIpc) is 2.46. The molecule has 0 saturated carbocycles. The second-order valence-corrected chi connectivity index (χ2v) is 9.14. The highest BCUT2D eigenvalue weighted by Crippen LogP contribution is 2.43. The summed E-state index contributed by atoms with van der Waals surface area (Å²) in [7, 11) is 2.17. The van der Waals surface area contributed by atoms with Gasteiger partial charge in [0, 0.05) is 0 Å². The summed E-state index contributed by atoms with van der Waals surface area (Å²) in [5.74, 6) is 0. The molecule has 0 rings (SSSR count). The molecule has 1 N–H and O–H groups in total. The van der Waals surface area contributed by atoms with E-state index < -0.39 is 7.82 Å². The fraction of sp³-hybridized carbons (Fsp3) is 1.00. The van der Waals surface area contributed by atoms with Crippen molar-refractivity contribution >= 4 is 7.82 Å². The van der Waals surface area contributed by atoms with Crippen molar-refractivity contribution in [2.75, 3.05) is 40.9 Å². The molecule has 0 bridgehead atoms. The quantitative estimate of drug-likeness (QED) is 0.220. The molecule has 1 unspecified atom stereocenters. The van der Waals surface area contributed by atoms with Crippen LogP contribution in [-0.2, 0) is 13.6 Å². The summed E-state index contributed by atoms with van der Waals surface area (Å²) in [6.45, 7) is 3.45. The number of hydrogen-bond donors (Lipinski definition) is 1. The SMILES string of the molecule is CCCCCCCCCCCCCOP(=O)(O)OCC[N+](C)(C)C. The number of phosphoric acid groups is 1. The number of hydrogen-bond acceptors (Lipinski definition) is 3. The first-order chi connectivity index (χ1) is 11.3. The molecule has 0 aliphatic rings. The second-order valence-electron chi connectivity index (χ2n) is 7.68. The number of quaternary nitrogens is 1. The molecule has 0 heterocycles. The van der Waals surface area contributed by atoms with Crippen LogP contribution in [0.2, 0.25) is 0 Å². The Morgan fingerprint density at radius 2 is 1.17 bits per heavy atom. The van der Waals surface area contributed by atoms with E-state index in [9.17, 15) is 9.46 Å². The molecule has 24 heavy (non-hydrogen) atoms. The normalized spacial score (nSPS) is 14.7. The molecule has 146 valence electrons. The van der Waals surface area contributed by atoms with Gasteiger partial charge in [0.25, 0.3) is 0 Å². The van der Waals surface area contributed by atoms with E-state index in [1.54, 1.807) is 0 Å². The maximum absolute atomic E-state index is 11.7. The fourth-order valence-electron chi connectivity index (χ4n) is 2.41. The number of likely N-dealkylation sites (N-methyl/N-ethyl adjacent to an activating group) is 1. The van der Waals surface area contributed by atoms with E-state index in [0.29, 0.717) is 17.6 Å². The molecule has 0 aromatic carbocycles. The molecular formula is C18H41NO4P+. The van der Waals surface area contributed by atoms with Crippen molar-refractivity contribution < 1.29 is 23.0 Å². The Morgan fingerprint density at radius 1 is 0.750 bits per heavy atom. The first kappa shape index (κ1) is 24.1. The molecule has 0 saturated heterocycles. The van der Waals surface area contributed by atoms with Crippen LogP contribution >= 0.6 is 7.82 Å². The highest BCUT2D eigenvalue weighted by Gasteiger charge is 2.21. The van der Waals surface area contributed by atoms with Crippen LogP contribution in [0, 0.1) is 0 Å². The van der Waals surface area contributed by atoms with Crippen molar-refractivity contribution in [1.29, 1.82) is 0 Å². The van der Waals surface area contributed by atoms with Crippen LogP contribution in [0.4, 0.5) is 0 Å². The van der Waals surface area contributed by atoms with Gasteiger partial charge in [-0.15, -0.1) is 0 Å². The van der Waals surface area contributed by atoms with E-state index in [-0.39, 0.29) is 6.61 Å². The molecule has 0 aliphatic heterocycles. The van der Waals surface area contributed by atoms with Gasteiger partial charge in [0.15, 0.2) is 0 Å². The highest BCUT2D eigenvalue weighted by molar-refractivity contribution is 7.47. The summed E-state index contributed by atoms with van der Waals surface area (Å²) < 4.78 is 22.4. The van der Waals surface area contributed by atoms with Crippen molar-refractivity contribution in [3.63, 3.8) is 0 Å². The lowest BCUT2D eigenvalue weighted by Gasteiger charge is -2.24. The van der Waals surface area contributed by atoms with Gasteiger partial charge in [-0.25, -0.2) is 4.57 Å². The molecule has 0 aromatic rings. The van der Waals surface area contributed by atoms with Gasteiger partial charge in [0.2, 0.25) is 0 Å². The smallest absolute Gasteiger partial charge is 0.329 e. The summed E-state index contributed by atoms with van der Waals surface area (Å²) in [6, 6.07) is 0. The molecule has 0 aliphatic carbocycles. The van der Waals surface area contributed by atoms with E-state index in [1.807, 2.05) is 21.1 Å². The van der Waals surface area contributed by atoms with E-state index in [0.717, 1.165) is 12.8 Å². The summed E-state index contributed by atoms with van der Waals surface area (Å²) in [4.78, 5) is 9.58. The third-order valence-electron chi connectivity index (χ3n) is 4.02. The third kappa shape index (κ3) is 18.4. The lowest BCUT2D eigenvalue weighted by molar-refractivity contribution is -0.870. The molecule has 0 amide bonds. The van der Waals surface area contributed by atoms with Gasteiger partial charge in [0.1, 0.15) is 13.2 Å². The summed E-state index contributed by atoms with van der Waals surface area (Å²) in [5.41, 5.74) is 0. The van der Waals surface area contributed by atoms with Gasteiger partial charge < -0.3 is 9.38 Å². The monoisotopic (exact) mass is 366 g/mol. The van der Waals surface area contributed by atoms with Crippen molar-refractivity contribution in [2.24, 2.45) is 0 Å². The van der Waals surface area contributed by atoms with Gasteiger partial charge >= 0.3 is 7.82 Å². The Morgan fingerprint density at radius 3 is 1.62 bits per heavy atom. The molecular weight excluding hydrogens is 325 g/mol. The van der Waals surface area contributed by atoms with Gasteiger partial charge in [-0.2, -0.15) is 0 Å². The average molecular weight is 367 g/mol. The number of nitrogens with zero attached hydrogens (tertiary/aromatic N) is 1. The van der Waals surface area contributed by atoms with Gasteiger partial charge in [-0.05, 0) is 6.42 Å². The molecule has 0 radical (unpaired) electrons. The second kappa shape index (κ2) is 14.3. The maximum atomic E-state index is 11.7. The fourth-order valence-corrected chi connectivity index (χ4v) is 3.16. The van der Waals surface area contributed by atoms with Gasteiger partial charge in [0.05, 0.1) is 27.7 Å². The van der Waals surface area contributed by atoms with Gasteiger partial charge in [-0.3, -0.25) is 9.05 Å². The predicted octanol–water partition coefficient (Wildman–Crippen LogP) is 5.14. The molecule has 0 spiro atoms. The van der Waals surface area contributed by atoms with Crippen LogP contribution in [0.15, 0.2) is 0 Å². The minimum atomic E-state index is -3.87. The summed E-state index contributed by atoms with van der Waals surface area (Å²) in [6.07, 6.45) is 13.7. The van der Waals surface area contributed by atoms with Crippen molar-refractivity contribution in [2.45, 2.75) is 77.6 Å². The Balaban J connectivity index is 3.38. The first-order valence-electron chi connectivity index (χ1n) is 9.69. The summed E-state index contributed by atoms with van der Waals surface area (Å²) >= 11 is 0. The lowest BCUT2D eigenvalue weighted by atomic mass is 10.1. The minimum absolute atomic E-state index is 0.232. The van der Waals surface area contributed by atoms with Crippen LogP contribution in [0.25, 0.3) is 0 Å². The molecule has 6 heteroatoms. The molecule has 1 atom stereocenters. The lowest BCUT2D eigenvalue weighted by Crippen LogP contribution is -2.37. The van der Waals surface area contributed by atoms with Crippen LogP contribution < -0.4 is 0 Å². The predicted molar refractivity (Wildman–Crippen MR) is 101 cm³/mol.